The summed E-state index contributed by atoms with van der Waals surface area (Å²) in [6.07, 6.45) is 9.89. The number of nitrogens with one attached hydrogen (secondary N) is 1. The molecule has 0 aromatic carbocycles. The zero-order chi connectivity index (χ0) is 13.9. The summed E-state index contributed by atoms with van der Waals surface area (Å²) in [7, 11) is 0. The Morgan fingerprint density at radius 3 is 3.00 bits per heavy atom. The first-order valence-corrected chi connectivity index (χ1v) is 7.32. The van der Waals surface area contributed by atoms with E-state index in [1.54, 1.807) is 0 Å². The number of hydrogen-bond donors (Lipinski definition) is 1. The molecule has 1 aliphatic rings. The maximum absolute atomic E-state index is 4.80. The van der Waals surface area contributed by atoms with Crippen molar-refractivity contribution in [2.24, 2.45) is 0 Å². The van der Waals surface area contributed by atoms with Crippen molar-refractivity contribution in [1.82, 2.24) is 24.8 Å². The zero-order valence-corrected chi connectivity index (χ0v) is 12.1. The molecule has 1 N–H and O–H groups in total. The second kappa shape index (κ2) is 5.71. The molecule has 1 atom stereocenters. The Morgan fingerprint density at radius 2 is 2.25 bits per heavy atom. The molecular formula is C15H21N5. The summed E-state index contributed by atoms with van der Waals surface area (Å²) in [6, 6.07) is 0. The molecule has 106 valence electrons. The summed E-state index contributed by atoms with van der Waals surface area (Å²) < 4.78 is 2.04. The van der Waals surface area contributed by atoms with Crippen LogP contribution in [0.2, 0.25) is 0 Å². The third-order valence-corrected chi connectivity index (χ3v) is 3.79. The third-order valence-electron chi connectivity index (χ3n) is 3.79. The van der Waals surface area contributed by atoms with E-state index in [-0.39, 0.29) is 0 Å². The van der Waals surface area contributed by atoms with Crippen molar-refractivity contribution in [1.29, 1.82) is 0 Å². The molecule has 3 heterocycles. The largest absolute Gasteiger partial charge is 0.316 e. The first-order chi connectivity index (χ1) is 9.75. The van der Waals surface area contributed by atoms with E-state index in [2.05, 4.69) is 29.1 Å². The fourth-order valence-corrected chi connectivity index (χ4v) is 2.72. The molecule has 0 aliphatic carbocycles. The molecule has 0 unspecified atom stereocenters. The summed E-state index contributed by atoms with van der Waals surface area (Å²) in [4.78, 5) is 13.6. The van der Waals surface area contributed by atoms with Crippen LogP contribution in [-0.4, -0.2) is 32.6 Å². The monoisotopic (exact) mass is 271 g/mol. The summed E-state index contributed by atoms with van der Waals surface area (Å²) in [5, 5.41) is 3.43. The first-order valence-electron chi connectivity index (χ1n) is 7.32. The van der Waals surface area contributed by atoms with Gasteiger partial charge in [-0.15, -0.1) is 0 Å². The third kappa shape index (κ3) is 2.58. The predicted molar refractivity (Wildman–Crippen MR) is 78.1 cm³/mol. The highest BCUT2D eigenvalue weighted by molar-refractivity contribution is 5.25. The van der Waals surface area contributed by atoms with Crippen LogP contribution in [0, 0.1) is 0 Å². The van der Waals surface area contributed by atoms with Gasteiger partial charge in [-0.1, -0.05) is 13.8 Å². The van der Waals surface area contributed by atoms with Crippen LogP contribution in [0.25, 0.3) is 5.82 Å². The van der Waals surface area contributed by atoms with Crippen molar-refractivity contribution >= 4 is 0 Å². The Labute approximate surface area is 119 Å². The van der Waals surface area contributed by atoms with Gasteiger partial charge in [0.25, 0.3) is 0 Å². The molecule has 1 aliphatic heterocycles. The van der Waals surface area contributed by atoms with Crippen molar-refractivity contribution in [2.75, 3.05) is 13.1 Å². The summed E-state index contributed by atoms with van der Waals surface area (Å²) in [5.74, 6) is 2.74. The van der Waals surface area contributed by atoms with E-state index in [0.717, 1.165) is 30.4 Å². The van der Waals surface area contributed by atoms with Gasteiger partial charge >= 0.3 is 0 Å². The molecule has 5 heteroatoms. The lowest BCUT2D eigenvalue weighted by Crippen LogP contribution is -2.29. The number of nitrogens with zero attached hydrogens (tertiary/aromatic N) is 4. The average Bonchev–Trinajstić information content (AvgIpc) is 2.98. The normalized spacial score (nSPS) is 19.4. The lowest BCUT2D eigenvalue weighted by molar-refractivity contribution is 0.453. The summed E-state index contributed by atoms with van der Waals surface area (Å²) >= 11 is 0. The Balaban J connectivity index is 1.92. The van der Waals surface area contributed by atoms with Crippen LogP contribution in [0.1, 0.15) is 50.0 Å². The van der Waals surface area contributed by atoms with Gasteiger partial charge in [0.05, 0.1) is 11.9 Å². The van der Waals surface area contributed by atoms with Gasteiger partial charge in [0.15, 0.2) is 5.82 Å². The van der Waals surface area contributed by atoms with E-state index in [1.807, 2.05) is 29.4 Å². The Bertz CT molecular complexity index is 569. The predicted octanol–water partition coefficient (Wildman–Crippen LogP) is 2.25. The lowest BCUT2D eigenvalue weighted by Gasteiger charge is -2.22. The van der Waals surface area contributed by atoms with Crippen LogP contribution in [0.5, 0.6) is 0 Å². The Morgan fingerprint density at radius 1 is 1.35 bits per heavy atom. The first kappa shape index (κ1) is 13.2. The fourth-order valence-electron chi connectivity index (χ4n) is 2.72. The summed E-state index contributed by atoms with van der Waals surface area (Å²) in [5.41, 5.74) is 1.08. The molecule has 0 saturated carbocycles. The Hall–Kier alpha value is -1.75. The van der Waals surface area contributed by atoms with Crippen LogP contribution in [0.15, 0.2) is 24.8 Å². The molecule has 1 saturated heterocycles. The molecule has 5 nitrogen and oxygen atoms in total. The molecule has 0 bridgehead atoms. The number of aromatic nitrogens is 4. The van der Waals surface area contributed by atoms with Gasteiger partial charge in [-0.05, 0) is 19.4 Å². The van der Waals surface area contributed by atoms with E-state index in [4.69, 9.17) is 4.98 Å². The number of piperidine rings is 1. The number of hydrogen-bond acceptors (Lipinski definition) is 4. The van der Waals surface area contributed by atoms with Gasteiger partial charge < -0.3 is 5.32 Å². The van der Waals surface area contributed by atoms with E-state index < -0.39 is 0 Å². The van der Waals surface area contributed by atoms with E-state index >= 15 is 0 Å². The van der Waals surface area contributed by atoms with Gasteiger partial charge in [0.2, 0.25) is 0 Å². The van der Waals surface area contributed by atoms with Gasteiger partial charge in [-0.3, -0.25) is 9.55 Å². The minimum absolute atomic E-state index is 0.367. The van der Waals surface area contributed by atoms with E-state index in [0.29, 0.717) is 11.8 Å². The minimum atomic E-state index is 0.367. The highest BCUT2D eigenvalue weighted by atomic mass is 15.1. The minimum Gasteiger partial charge on any atom is -0.316 e. The molecule has 2 aromatic heterocycles. The van der Waals surface area contributed by atoms with Crippen molar-refractivity contribution in [2.45, 2.75) is 38.5 Å². The van der Waals surface area contributed by atoms with Crippen LogP contribution in [0.4, 0.5) is 0 Å². The lowest BCUT2D eigenvalue weighted by atomic mass is 9.96. The standard InChI is InChI=1S/C15H21N5/c1-11(2)15-18-6-7-20(15)14-10-17-9-13(19-14)12-4-3-5-16-8-12/h6-7,9-12,16H,3-5,8H2,1-2H3/t12-/m0/s1. The van der Waals surface area contributed by atoms with Gasteiger partial charge in [-0.2, -0.15) is 0 Å². The van der Waals surface area contributed by atoms with Crippen LogP contribution in [-0.2, 0) is 0 Å². The van der Waals surface area contributed by atoms with Gasteiger partial charge in [0.1, 0.15) is 5.82 Å². The molecule has 0 amide bonds. The maximum Gasteiger partial charge on any atom is 0.156 e. The second-order valence-electron chi connectivity index (χ2n) is 5.66. The van der Waals surface area contributed by atoms with Crippen molar-refractivity contribution in [3.63, 3.8) is 0 Å². The van der Waals surface area contributed by atoms with Gasteiger partial charge in [0, 0.05) is 37.0 Å². The van der Waals surface area contributed by atoms with Crippen LogP contribution < -0.4 is 5.32 Å². The molecule has 0 spiro atoms. The summed E-state index contributed by atoms with van der Waals surface area (Å²) in [6.45, 7) is 6.39. The smallest absolute Gasteiger partial charge is 0.156 e. The SMILES string of the molecule is CC(C)c1nccn1-c1cncc([C@H]2CCCNC2)n1. The number of imidazole rings is 1. The van der Waals surface area contributed by atoms with Crippen molar-refractivity contribution < 1.29 is 0 Å². The van der Waals surface area contributed by atoms with E-state index in [9.17, 15) is 0 Å². The quantitative estimate of drug-likeness (QED) is 0.930. The molecule has 3 rings (SSSR count). The molecule has 0 radical (unpaired) electrons. The van der Waals surface area contributed by atoms with E-state index in [1.165, 1.54) is 12.8 Å². The molecular weight excluding hydrogens is 250 g/mol. The maximum atomic E-state index is 4.80. The zero-order valence-electron chi connectivity index (χ0n) is 12.1. The molecule has 1 fully saturated rings. The van der Waals surface area contributed by atoms with Crippen molar-refractivity contribution in [3.05, 3.63) is 36.3 Å². The molecule has 2 aromatic rings. The Kier molecular flexibility index (Phi) is 3.78. The fraction of sp³-hybridized carbons (Fsp3) is 0.533. The highest BCUT2D eigenvalue weighted by Crippen LogP contribution is 2.22. The van der Waals surface area contributed by atoms with Crippen LogP contribution in [0.3, 0.4) is 0 Å². The van der Waals surface area contributed by atoms with Gasteiger partial charge in [-0.25, -0.2) is 9.97 Å². The highest BCUT2D eigenvalue weighted by Gasteiger charge is 2.18. The second-order valence-corrected chi connectivity index (χ2v) is 5.66. The average molecular weight is 271 g/mol. The van der Waals surface area contributed by atoms with Crippen molar-refractivity contribution in [3.8, 4) is 5.82 Å². The number of rotatable bonds is 3. The molecule has 20 heavy (non-hydrogen) atoms. The topological polar surface area (TPSA) is 55.6 Å². The van der Waals surface area contributed by atoms with Crippen LogP contribution >= 0.6 is 0 Å².